The van der Waals surface area contributed by atoms with Crippen LogP contribution in [0.2, 0.25) is 0 Å². The highest BCUT2D eigenvalue weighted by Gasteiger charge is 2.44. The van der Waals surface area contributed by atoms with E-state index >= 15 is 0 Å². The number of rotatable bonds is 10. The third-order valence-corrected chi connectivity index (χ3v) is 6.02. The number of methoxy groups -OCH3 is 1. The second-order valence-corrected chi connectivity index (χ2v) is 8.44. The van der Waals surface area contributed by atoms with E-state index in [1.165, 1.54) is 5.56 Å². The van der Waals surface area contributed by atoms with Crippen LogP contribution in [-0.4, -0.2) is 34.9 Å². The van der Waals surface area contributed by atoms with Gasteiger partial charge in [0.1, 0.15) is 0 Å². The summed E-state index contributed by atoms with van der Waals surface area (Å²) < 4.78 is 12.4. The molecule has 32 heavy (non-hydrogen) atoms. The van der Waals surface area contributed by atoms with Crippen molar-refractivity contribution < 1.29 is 14.6 Å². The van der Waals surface area contributed by atoms with Crippen LogP contribution in [-0.2, 0) is 16.8 Å². The van der Waals surface area contributed by atoms with Crippen LogP contribution in [0.15, 0.2) is 60.7 Å². The molecule has 0 radical (unpaired) electrons. The maximum Gasteiger partial charge on any atom is 0.317 e. The van der Waals surface area contributed by atoms with Crippen molar-refractivity contribution in [1.29, 1.82) is 0 Å². The second-order valence-electron chi connectivity index (χ2n) is 8.44. The summed E-state index contributed by atoms with van der Waals surface area (Å²) in [5.74, 6) is 0.623. The van der Waals surface area contributed by atoms with Crippen LogP contribution >= 0.6 is 0 Å². The Morgan fingerprint density at radius 2 is 1.53 bits per heavy atom. The maximum atomic E-state index is 10.5. The molecule has 3 rings (SSSR count). The fraction of sp³-hybridized carbons (Fsp3) is 0.407. The number of hydrogen-bond donors (Lipinski definition) is 1. The van der Waals surface area contributed by atoms with E-state index in [4.69, 9.17) is 9.47 Å². The Hall–Kier alpha value is -2.76. The van der Waals surface area contributed by atoms with Crippen LogP contribution in [0.25, 0.3) is 0 Å². The van der Waals surface area contributed by atoms with Crippen LogP contribution in [0.4, 0.5) is 0 Å². The molecule has 1 aromatic heterocycles. The lowest BCUT2D eigenvalue weighted by Crippen LogP contribution is -2.48. The van der Waals surface area contributed by atoms with E-state index in [0.717, 1.165) is 35.4 Å². The lowest BCUT2D eigenvalue weighted by molar-refractivity contribution is -0.0887. The molecule has 0 aliphatic carbocycles. The second kappa shape index (κ2) is 10.7. The van der Waals surface area contributed by atoms with Crippen LogP contribution in [0, 0.1) is 19.8 Å². The van der Waals surface area contributed by atoms with Crippen LogP contribution in [0.1, 0.15) is 48.3 Å². The Labute approximate surface area is 191 Å². The van der Waals surface area contributed by atoms with Gasteiger partial charge in [0.2, 0.25) is 0 Å². The van der Waals surface area contributed by atoms with Gasteiger partial charge in [0.05, 0.1) is 6.61 Å². The average molecular weight is 435 g/mol. The molecule has 170 valence electrons. The first-order valence-corrected chi connectivity index (χ1v) is 11.2. The molecule has 5 heteroatoms. The number of aryl methyl sites for hydroxylation is 2. The lowest BCUT2D eigenvalue weighted by atomic mass is 9.80. The van der Waals surface area contributed by atoms with E-state index in [1.54, 1.807) is 7.11 Å². The molecule has 0 aliphatic heterocycles. The number of hydrogen-bond acceptors (Lipinski definition) is 5. The van der Waals surface area contributed by atoms with Gasteiger partial charge in [0, 0.05) is 18.5 Å². The van der Waals surface area contributed by atoms with Gasteiger partial charge in [-0.3, -0.25) is 0 Å². The summed E-state index contributed by atoms with van der Waals surface area (Å²) in [6.07, 6.45) is 1.42. The largest absolute Gasteiger partial charge is 0.454 e. The van der Waals surface area contributed by atoms with E-state index < -0.39 is 11.7 Å². The first-order chi connectivity index (χ1) is 15.4. The number of aliphatic hydroxyl groups is 1. The Bertz CT molecular complexity index is 971. The van der Waals surface area contributed by atoms with Crippen molar-refractivity contribution in [2.75, 3.05) is 13.7 Å². The van der Waals surface area contributed by atoms with Gasteiger partial charge in [-0.15, -0.1) is 0 Å². The molecule has 1 heterocycles. The fourth-order valence-electron chi connectivity index (χ4n) is 4.15. The SMILES string of the molecule is CCC(C)Cc1ccc(C(OC)(c2ccccc2)C(CO)Oc2nc(C)cc(C)n2)cc1. The minimum absolute atomic E-state index is 0.229. The molecular formula is C27H34N2O3. The van der Waals surface area contributed by atoms with E-state index in [-0.39, 0.29) is 12.6 Å². The summed E-state index contributed by atoms with van der Waals surface area (Å²) >= 11 is 0. The molecule has 2 aromatic carbocycles. The summed E-state index contributed by atoms with van der Waals surface area (Å²) in [4.78, 5) is 8.83. The Morgan fingerprint density at radius 1 is 0.938 bits per heavy atom. The van der Waals surface area contributed by atoms with Crippen LogP contribution in [0.3, 0.4) is 0 Å². The minimum Gasteiger partial charge on any atom is -0.454 e. The van der Waals surface area contributed by atoms with Crippen molar-refractivity contribution >= 4 is 0 Å². The van der Waals surface area contributed by atoms with E-state index in [9.17, 15) is 5.11 Å². The highest BCUT2D eigenvalue weighted by molar-refractivity contribution is 5.40. The quantitative estimate of drug-likeness (QED) is 0.486. The zero-order valence-corrected chi connectivity index (χ0v) is 19.7. The molecule has 0 saturated heterocycles. The summed E-state index contributed by atoms with van der Waals surface area (Å²) in [5, 5.41) is 10.5. The maximum absolute atomic E-state index is 10.5. The van der Waals surface area contributed by atoms with Crippen molar-refractivity contribution in [2.45, 2.75) is 52.2 Å². The smallest absolute Gasteiger partial charge is 0.317 e. The predicted molar refractivity (Wildman–Crippen MR) is 127 cm³/mol. The monoisotopic (exact) mass is 434 g/mol. The molecule has 3 atom stereocenters. The highest BCUT2D eigenvalue weighted by Crippen LogP contribution is 2.38. The number of aliphatic hydroxyl groups excluding tert-OH is 1. The van der Waals surface area contributed by atoms with Gasteiger partial charge in [-0.1, -0.05) is 74.9 Å². The summed E-state index contributed by atoms with van der Waals surface area (Å²) in [6, 6.07) is 20.4. The van der Waals surface area contributed by atoms with E-state index in [0.29, 0.717) is 5.92 Å². The third-order valence-electron chi connectivity index (χ3n) is 6.02. The van der Waals surface area contributed by atoms with E-state index in [1.807, 2.05) is 50.2 Å². The number of ether oxygens (including phenoxy) is 2. The number of benzene rings is 2. The summed E-state index contributed by atoms with van der Waals surface area (Å²) in [6.45, 7) is 7.99. The molecule has 1 N–H and O–H groups in total. The van der Waals surface area contributed by atoms with Gasteiger partial charge in [-0.2, -0.15) is 0 Å². The fourth-order valence-corrected chi connectivity index (χ4v) is 4.15. The first kappa shape index (κ1) is 23.9. The van der Waals surface area contributed by atoms with Crippen molar-refractivity contribution in [1.82, 2.24) is 9.97 Å². The molecule has 3 unspecified atom stereocenters. The van der Waals surface area contributed by atoms with Crippen molar-refractivity contribution in [2.24, 2.45) is 5.92 Å². The zero-order chi connectivity index (χ0) is 23.1. The Morgan fingerprint density at radius 3 is 2.06 bits per heavy atom. The highest BCUT2D eigenvalue weighted by atomic mass is 16.6. The van der Waals surface area contributed by atoms with Crippen LogP contribution in [0.5, 0.6) is 6.01 Å². The molecular weight excluding hydrogens is 400 g/mol. The molecule has 0 bridgehead atoms. The van der Waals surface area contributed by atoms with Gasteiger partial charge in [0.25, 0.3) is 0 Å². The molecule has 3 aromatic rings. The standard InChI is InChI=1S/C27H34N2O3/c1-6-19(2)16-22-12-14-24(15-13-22)27(31-5,23-10-8-7-9-11-23)25(18-30)32-26-28-20(3)17-21(4)29-26/h7-15,17,19,25,30H,6,16,18H2,1-5H3. The van der Waals surface area contributed by atoms with Gasteiger partial charge >= 0.3 is 6.01 Å². The number of nitrogens with zero attached hydrogens (tertiary/aromatic N) is 2. The normalized spacial score (nSPS) is 15.1. The van der Waals surface area contributed by atoms with Crippen molar-refractivity contribution in [3.8, 4) is 6.01 Å². The van der Waals surface area contributed by atoms with Crippen LogP contribution < -0.4 is 4.74 Å². The van der Waals surface area contributed by atoms with Gasteiger partial charge in [0.15, 0.2) is 11.7 Å². The third kappa shape index (κ3) is 5.17. The van der Waals surface area contributed by atoms with Crippen molar-refractivity contribution in [3.63, 3.8) is 0 Å². The summed E-state index contributed by atoms with van der Waals surface area (Å²) in [5.41, 5.74) is 3.65. The molecule has 0 saturated carbocycles. The predicted octanol–water partition coefficient (Wildman–Crippen LogP) is 5.01. The summed E-state index contributed by atoms with van der Waals surface area (Å²) in [7, 11) is 1.65. The van der Waals surface area contributed by atoms with Gasteiger partial charge < -0.3 is 14.6 Å². The molecule has 0 amide bonds. The zero-order valence-electron chi connectivity index (χ0n) is 19.7. The van der Waals surface area contributed by atoms with Crippen molar-refractivity contribution in [3.05, 3.63) is 88.7 Å². The van der Waals surface area contributed by atoms with Gasteiger partial charge in [-0.05, 0) is 48.9 Å². The molecule has 0 spiro atoms. The average Bonchev–Trinajstić information content (AvgIpc) is 2.80. The van der Waals surface area contributed by atoms with E-state index in [2.05, 4.69) is 48.1 Å². The Balaban J connectivity index is 2.07. The number of aromatic nitrogens is 2. The van der Waals surface area contributed by atoms with Gasteiger partial charge in [-0.25, -0.2) is 9.97 Å². The molecule has 0 aliphatic rings. The lowest BCUT2D eigenvalue weighted by Gasteiger charge is -2.39. The molecule has 0 fully saturated rings. The minimum atomic E-state index is -1.04. The topological polar surface area (TPSA) is 64.5 Å². The Kier molecular flexibility index (Phi) is 7.99. The molecule has 5 nitrogen and oxygen atoms in total. The first-order valence-electron chi connectivity index (χ1n) is 11.2.